The van der Waals surface area contributed by atoms with E-state index in [-0.39, 0.29) is 18.2 Å². The predicted molar refractivity (Wildman–Crippen MR) is 63.0 cm³/mol. The van der Waals surface area contributed by atoms with Crippen molar-refractivity contribution < 1.29 is 13.2 Å². The summed E-state index contributed by atoms with van der Waals surface area (Å²) in [6.07, 6.45) is 4.09. The van der Waals surface area contributed by atoms with Gasteiger partial charge < -0.3 is 10.6 Å². The third-order valence-electron chi connectivity index (χ3n) is 2.88. The molecule has 94 valence electrons. The number of carbonyl (C=O) groups is 1. The van der Waals surface area contributed by atoms with Gasteiger partial charge in [0.05, 0.1) is 11.3 Å². The molecule has 1 heterocycles. The van der Waals surface area contributed by atoms with Gasteiger partial charge in [-0.15, -0.1) is 0 Å². The zero-order chi connectivity index (χ0) is 12.2. The molecular formula is C10H20N2O3S. The SMILES string of the molecule is CC1(C(=O)NCCS(C)(=O)=O)CCCCN1. The Morgan fingerprint density at radius 1 is 1.44 bits per heavy atom. The first-order valence-electron chi connectivity index (χ1n) is 5.55. The quantitative estimate of drug-likeness (QED) is 0.715. The molecule has 1 unspecified atom stereocenters. The summed E-state index contributed by atoms with van der Waals surface area (Å²) in [5.74, 6) is -0.106. The molecule has 0 aromatic rings. The van der Waals surface area contributed by atoms with Gasteiger partial charge in [0, 0.05) is 12.8 Å². The fourth-order valence-corrected chi connectivity index (χ4v) is 2.27. The van der Waals surface area contributed by atoms with Crippen molar-refractivity contribution in [1.82, 2.24) is 10.6 Å². The van der Waals surface area contributed by atoms with Gasteiger partial charge in [-0.2, -0.15) is 0 Å². The number of piperidine rings is 1. The Hall–Kier alpha value is -0.620. The molecule has 2 N–H and O–H groups in total. The highest BCUT2D eigenvalue weighted by atomic mass is 32.2. The van der Waals surface area contributed by atoms with E-state index in [1.165, 1.54) is 6.26 Å². The van der Waals surface area contributed by atoms with E-state index >= 15 is 0 Å². The van der Waals surface area contributed by atoms with Crippen molar-refractivity contribution >= 4 is 15.7 Å². The Balaban J connectivity index is 2.39. The lowest BCUT2D eigenvalue weighted by atomic mass is 9.90. The van der Waals surface area contributed by atoms with Gasteiger partial charge >= 0.3 is 0 Å². The van der Waals surface area contributed by atoms with Gasteiger partial charge in [-0.3, -0.25) is 4.79 Å². The summed E-state index contributed by atoms with van der Waals surface area (Å²) in [7, 11) is -3.01. The average Bonchev–Trinajstić information content (AvgIpc) is 2.16. The maximum Gasteiger partial charge on any atom is 0.240 e. The molecule has 0 aromatic carbocycles. The van der Waals surface area contributed by atoms with E-state index in [0.29, 0.717) is 0 Å². The Kier molecular flexibility index (Phi) is 4.32. The molecule has 0 bridgehead atoms. The van der Waals surface area contributed by atoms with Crippen LogP contribution in [0.25, 0.3) is 0 Å². The zero-order valence-electron chi connectivity index (χ0n) is 9.88. The van der Waals surface area contributed by atoms with Crippen LogP contribution in [0, 0.1) is 0 Å². The van der Waals surface area contributed by atoms with Gasteiger partial charge in [0.15, 0.2) is 0 Å². The third kappa shape index (κ3) is 4.09. The van der Waals surface area contributed by atoms with Crippen LogP contribution in [0.3, 0.4) is 0 Å². The van der Waals surface area contributed by atoms with Crippen LogP contribution in [0.4, 0.5) is 0 Å². The van der Waals surface area contributed by atoms with Crippen LogP contribution in [0.1, 0.15) is 26.2 Å². The molecule has 0 saturated carbocycles. The van der Waals surface area contributed by atoms with Crippen LogP contribution in [-0.4, -0.2) is 45.0 Å². The molecule has 1 aliphatic heterocycles. The normalized spacial score (nSPS) is 26.4. The molecule has 0 aromatic heterocycles. The highest BCUT2D eigenvalue weighted by Gasteiger charge is 2.33. The van der Waals surface area contributed by atoms with E-state index in [2.05, 4.69) is 10.6 Å². The van der Waals surface area contributed by atoms with Crippen LogP contribution in [-0.2, 0) is 14.6 Å². The summed E-state index contributed by atoms with van der Waals surface area (Å²) in [4.78, 5) is 11.8. The smallest absolute Gasteiger partial charge is 0.240 e. The predicted octanol–water partition coefficient (Wildman–Crippen LogP) is -0.321. The highest BCUT2D eigenvalue weighted by molar-refractivity contribution is 7.90. The minimum absolute atomic E-state index is 0.00514. The summed E-state index contributed by atoms with van der Waals surface area (Å²) in [6, 6.07) is 0. The Morgan fingerprint density at radius 2 is 2.12 bits per heavy atom. The molecule has 1 aliphatic rings. The number of hydrogen-bond acceptors (Lipinski definition) is 4. The largest absolute Gasteiger partial charge is 0.353 e. The second kappa shape index (κ2) is 5.14. The lowest BCUT2D eigenvalue weighted by molar-refractivity contribution is -0.127. The molecule has 5 nitrogen and oxygen atoms in total. The first-order valence-corrected chi connectivity index (χ1v) is 7.61. The van der Waals surface area contributed by atoms with Gasteiger partial charge in [0.2, 0.25) is 5.91 Å². The number of sulfone groups is 1. The minimum Gasteiger partial charge on any atom is -0.353 e. The second-order valence-electron chi connectivity index (χ2n) is 4.60. The van der Waals surface area contributed by atoms with Crippen molar-refractivity contribution in [2.75, 3.05) is 25.1 Å². The van der Waals surface area contributed by atoms with Crippen molar-refractivity contribution in [3.63, 3.8) is 0 Å². The van der Waals surface area contributed by atoms with Crippen LogP contribution in [0.15, 0.2) is 0 Å². The maximum atomic E-state index is 11.8. The van der Waals surface area contributed by atoms with Crippen molar-refractivity contribution in [3.05, 3.63) is 0 Å². The molecule has 0 aliphatic carbocycles. The first kappa shape index (κ1) is 13.4. The molecule has 1 saturated heterocycles. The van der Waals surface area contributed by atoms with Crippen LogP contribution in [0.5, 0.6) is 0 Å². The van der Waals surface area contributed by atoms with Crippen molar-refractivity contribution in [2.45, 2.75) is 31.7 Å². The fourth-order valence-electron chi connectivity index (χ4n) is 1.80. The van der Waals surface area contributed by atoms with Crippen LogP contribution >= 0.6 is 0 Å². The number of hydrogen-bond donors (Lipinski definition) is 2. The molecule has 16 heavy (non-hydrogen) atoms. The van der Waals surface area contributed by atoms with Gasteiger partial charge in [-0.25, -0.2) is 8.42 Å². The summed E-state index contributed by atoms with van der Waals surface area (Å²) in [6.45, 7) is 2.90. The zero-order valence-corrected chi connectivity index (χ0v) is 10.7. The van der Waals surface area contributed by atoms with E-state index in [9.17, 15) is 13.2 Å². The molecule has 0 radical (unpaired) electrons. The first-order chi connectivity index (χ1) is 7.33. The number of rotatable bonds is 4. The van der Waals surface area contributed by atoms with E-state index in [1.54, 1.807) is 0 Å². The topological polar surface area (TPSA) is 75.3 Å². The standard InChI is InChI=1S/C10H20N2O3S/c1-10(5-3-4-6-12-10)9(13)11-7-8-16(2,14)15/h12H,3-8H2,1-2H3,(H,11,13). The molecule has 1 fully saturated rings. The van der Waals surface area contributed by atoms with Gasteiger partial charge in [0.25, 0.3) is 0 Å². The average molecular weight is 248 g/mol. The molecule has 1 amide bonds. The molecule has 1 atom stereocenters. The maximum absolute atomic E-state index is 11.8. The van der Waals surface area contributed by atoms with Crippen molar-refractivity contribution in [1.29, 1.82) is 0 Å². The van der Waals surface area contributed by atoms with Gasteiger partial charge in [-0.05, 0) is 32.7 Å². The monoisotopic (exact) mass is 248 g/mol. The molecule has 6 heteroatoms. The van der Waals surface area contributed by atoms with Crippen LogP contribution in [0.2, 0.25) is 0 Å². The molecular weight excluding hydrogens is 228 g/mol. The lowest BCUT2D eigenvalue weighted by Gasteiger charge is -2.33. The van der Waals surface area contributed by atoms with Gasteiger partial charge in [0.1, 0.15) is 9.84 Å². The Bertz CT molecular complexity index is 345. The van der Waals surface area contributed by atoms with Crippen molar-refractivity contribution in [3.8, 4) is 0 Å². The number of nitrogens with one attached hydrogen (secondary N) is 2. The number of amides is 1. The lowest BCUT2D eigenvalue weighted by Crippen LogP contribution is -2.57. The number of carbonyl (C=O) groups excluding carboxylic acids is 1. The van der Waals surface area contributed by atoms with Crippen molar-refractivity contribution in [2.24, 2.45) is 0 Å². The summed E-state index contributed by atoms with van der Waals surface area (Å²) in [5.41, 5.74) is -0.532. The molecule has 0 spiro atoms. The van der Waals surface area contributed by atoms with Crippen LogP contribution < -0.4 is 10.6 Å². The molecule has 1 rings (SSSR count). The summed E-state index contributed by atoms with van der Waals surface area (Å²) in [5, 5.41) is 5.85. The van der Waals surface area contributed by atoms with E-state index in [0.717, 1.165) is 25.8 Å². The summed E-state index contributed by atoms with van der Waals surface area (Å²) < 4.78 is 21.8. The highest BCUT2D eigenvalue weighted by Crippen LogP contribution is 2.18. The second-order valence-corrected chi connectivity index (χ2v) is 6.86. The van der Waals surface area contributed by atoms with Gasteiger partial charge in [-0.1, -0.05) is 0 Å². The Labute approximate surface area is 96.9 Å². The van der Waals surface area contributed by atoms with E-state index in [4.69, 9.17) is 0 Å². The minimum atomic E-state index is -3.01. The Morgan fingerprint density at radius 3 is 2.62 bits per heavy atom. The third-order valence-corrected chi connectivity index (χ3v) is 3.82. The van der Waals surface area contributed by atoms with E-state index in [1.807, 2.05) is 6.92 Å². The van der Waals surface area contributed by atoms with E-state index < -0.39 is 15.4 Å². The summed E-state index contributed by atoms with van der Waals surface area (Å²) >= 11 is 0. The fraction of sp³-hybridized carbons (Fsp3) is 0.900.